The van der Waals surface area contributed by atoms with Gasteiger partial charge in [0, 0.05) is 29.1 Å². The van der Waals surface area contributed by atoms with Crippen LogP contribution < -0.4 is 0 Å². The first kappa shape index (κ1) is 20.0. The molecule has 0 saturated carbocycles. The van der Waals surface area contributed by atoms with Gasteiger partial charge < -0.3 is 9.54 Å². The van der Waals surface area contributed by atoms with E-state index in [9.17, 15) is 23.7 Å². The monoisotopic (exact) mass is 412 g/mol. The van der Waals surface area contributed by atoms with E-state index in [1.54, 1.807) is 60.5 Å². The maximum absolute atomic E-state index is 11.1. The molecule has 0 aliphatic rings. The average molecular weight is 412 g/mol. The van der Waals surface area contributed by atoms with Crippen molar-refractivity contribution < 1.29 is 18.5 Å². The van der Waals surface area contributed by atoms with Crippen molar-refractivity contribution in [2.24, 2.45) is 7.05 Å². The van der Waals surface area contributed by atoms with Gasteiger partial charge in [0.1, 0.15) is 17.4 Å². The number of pyridine rings is 1. The summed E-state index contributed by atoms with van der Waals surface area (Å²) in [6.07, 6.45) is 5.00. The van der Waals surface area contributed by atoms with Crippen molar-refractivity contribution in [3.63, 3.8) is 0 Å². The minimum absolute atomic E-state index is 0.0198. The number of rotatable bonds is 4. The summed E-state index contributed by atoms with van der Waals surface area (Å²) in [4.78, 5) is 28.7. The summed E-state index contributed by atoms with van der Waals surface area (Å²) in [6.45, 7) is 0. The Balaban J connectivity index is 0.000000224. The van der Waals surface area contributed by atoms with Crippen molar-refractivity contribution in [2.45, 2.75) is 4.90 Å². The van der Waals surface area contributed by atoms with E-state index in [0.717, 1.165) is 11.8 Å². The van der Waals surface area contributed by atoms with Gasteiger partial charge in [-0.25, -0.2) is 4.98 Å². The van der Waals surface area contributed by atoms with Crippen molar-refractivity contribution in [1.82, 2.24) is 19.7 Å². The molecule has 3 aromatic heterocycles. The summed E-state index contributed by atoms with van der Waals surface area (Å²) < 4.78 is 22.0. The van der Waals surface area contributed by atoms with Crippen LogP contribution in [0.25, 0.3) is 22.3 Å². The predicted octanol–water partition coefficient (Wildman–Crippen LogP) is 2.61. The Labute approximate surface area is 166 Å². The second-order valence-corrected chi connectivity index (χ2v) is 6.77. The lowest BCUT2D eigenvalue weighted by molar-refractivity contribution is -0.385. The van der Waals surface area contributed by atoms with Crippen molar-refractivity contribution in [1.29, 1.82) is 0 Å². The highest BCUT2D eigenvalue weighted by Crippen LogP contribution is 2.28. The third kappa shape index (κ3) is 4.42. The minimum atomic E-state index is -2.08. The molecule has 0 aliphatic heterocycles. The van der Waals surface area contributed by atoms with Gasteiger partial charge in [-0.3, -0.25) is 23.8 Å². The fourth-order valence-corrected chi connectivity index (χ4v) is 2.98. The van der Waals surface area contributed by atoms with Crippen LogP contribution in [0.2, 0.25) is 0 Å². The molecule has 0 fully saturated rings. The number of hydrogen-bond acceptors (Lipinski definition) is 7. The molecule has 1 atom stereocenters. The molecule has 4 aromatic rings. The first-order valence-corrected chi connectivity index (χ1v) is 9.22. The maximum Gasteiger partial charge on any atom is 0.298 e. The van der Waals surface area contributed by atoms with Gasteiger partial charge in [0.05, 0.1) is 16.8 Å². The molecule has 0 bridgehead atoms. The van der Waals surface area contributed by atoms with Gasteiger partial charge in [0.15, 0.2) is 6.29 Å². The third-order valence-electron chi connectivity index (χ3n) is 3.95. The number of aromatic nitrogens is 4. The molecule has 0 radical (unpaired) electrons. The van der Waals surface area contributed by atoms with Crippen LogP contribution in [0.3, 0.4) is 0 Å². The van der Waals surface area contributed by atoms with Crippen LogP contribution in [0.5, 0.6) is 0 Å². The van der Waals surface area contributed by atoms with Crippen LogP contribution in [0.1, 0.15) is 10.4 Å². The van der Waals surface area contributed by atoms with Gasteiger partial charge in [-0.15, -0.1) is 0 Å². The molecule has 0 saturated heterocycles. The molecule has 11 heteroatoms. The van der Waals surface area contributed by atoms with Crippen LogP contribution in [0.15, 0.2) is 59.9 Å². The summed E-state index contributed by atoms with van der Waals surface area (Å²) in [6, 6.07) is 9.90. The number of nitrogens with zero attached hydrogens (tertiary/aromatic N) is 4. The maximum atomic E-state index is 11.1. The van der Waals surface area contributed by atoms with Gasteiger partial charge in [-0.05, 0) is 29.3 Å². The van der Waals surface area contributed by atoms with Gasteiger partial charge in [0.2, 0.25) is 0 Å². The Kier molecular flexibility index (Phi) is 5.90. The van der Waals surface area contributed by atoms with E-state index in [4.69, 9.17) is 0 Å². The summed E-state index contributed by atoms with van der Waals surface area (Å²) in [7, 11) is 1.78. The number of aromatic amines is 1. The molecule has 1 unspecified atom stereocenters. The molecule has 0 aliphatic carbocycles. The van der Waals surface area contributed by atoms with Crippen molar-refractivity contribution in [3.8, 4) is 11.3 Å². The number of carbonyl (C=O) groups excluding carboxylic acids is 1. The number of aldehydes is 1. The lowest BCUT2D eigenvalue weighted by Gasteiger charge is -2.01. The molecule has 0 spiro atoms. The number of carbonyl (C=O) groups is 1. The number of nitro groups is 1. The standard InChI is InChI=1S/C12H9N5O3.C6H6O2S/c1-16-5-7(3-14-16)10-2-8-9(6-18)11(17(19)20)4-13-12(8)15-10;7-9(8)6-4-2-1-3-5-6/h2-6H,1H3,(H,13,15);1-5H,(H,7,8)/p-1. The van der Waals surface area contributed by atoms with Crippen molar-refractivity contribution in [2.75, 3.05) is 0 Å². The second-order valence-electron chi connectivity index (χ2n) is 5.83. The van der Waals surface area contributed by atoms with E-state index in [0.29, 0.717) is 27.9 Å². The third-order valence-corrected chi connectivity index (χ3v) is 4.60. The van der Waals surface area contributed by atoms with Gasteiger partial charge in [0.25, 0.3) is 5.69 Å². The topological polar surface area (TPSA) is 147 Å². The largest absolute Gasteiger partial charge is 0.768 e. The van der Waals surface area contributed by atoms with E-state index in [-0.39, 0.29) is 11.3 Å². The Hall–Kier alpha value is -3.70. The van der Waals surface area contributed by atoms with Crippen molar-refractivity contribution >= 4 is 34.1 Å². The van der Waals surface area contributed by atoms with E-state index in [2.05, 4.69) is 15.1 Å². The van der Waals surface area contributed by atoms with Crippen LogP contribution in [0.4, 0.5) is 5.69 Å². The van der Waals surface area contributed by atoms with Crippen LogP contribution in [-0.2, 0) is 18.1 Å². The second kappa shape index (κ2) is 8.54. The molecular formula is C18H14N5O5S-. The molecule has 10 nitrogen and oxygen atoms in total. The van der Waals surface area contributed by atoms with Crippen molar-refractivity contribution in [3.05, 3.63) is 70.7 Å². The lowest BCUT2D eigenvalue weighted by atomic mass is 10.1. The fraction of sp³-hybridized carbons (Fsp3) is 0.0556. The first-order valence-electron chi connectivity index (χ1n) is 8.15. The Morgan fingerprint density at radius 2 is 1.97 bits per heavy atom. The molecule has 4 rings (SSSR count). The summed E-state index contributed by atoms with van der Waals surface area (Å²) >= 11 is -2.08. The SMILES string of the molecule is Cn1cc(-c2cc3c(C=O)c([N+](=O)[O-])cnc3[nH]2)cn1.O=S([O-])c1ccccc1. The Bertz CT molecular complexity index is 1200. The molecular weight excluding hydrogens is 398 g/mol. The molecule has 0 amide bonds. The zero-order chi connectivity index (χ0) is 21.0. The number of fused-ring (bicyclic) bond motifs is 1. The number of benzene rings is 1. The van der Waals surface area contributed by atoms with Crippen LogP contribution >= 0.6 is 0 Å². The van der Waals surface area contributed by atoms with E-state index in [1.807, 2.05) is 0 Å². The highest BCUT2D eigenvalue weighted by molar-refractivity contribution is 7.79. The molecule has 1 N–H and O–H groups in total. The highest BCUT2D eigenvalue weighted by atomic mass is 32.2. The molecule has 148 valence electrons. The van der Waals surface area contributed by atoms with Gasteiger partial charge in [-0.2, -0.15) is 5.10 Å². The molecule has 1 aromatic carbocycles. The predicted molar refractivity (Wildman–Crippen MR) is 104 cm³/mol. The van der Waals surface area contributed by atoms with Gasteiger partial charge >= 0.3 is 0 Å². The lowest BCUT2D eigenvalue weighted by Crippen LogP contribution is -1.96. The van der Waals surface area contributed by atoms with Crippen LogP contribution in [0, 0.1) is 10.1 Å². The number of H-pyrrole nitrogens is 1. The molecule has 3 heterocycles. The zero-order valence-electron chi connectivity index (χ0n) is 15.0. The van der Waals surface area contributed by atoms with Gasteiger partial charge in [-0.1, -0.05) is 18.2 Å². The summed E-state index contributed by atoms with van der Waals surface area (Å²) in [5.74, 6) is 0. The first-order chi connectivity index (χ1) is 13.9. The number of aryl methyl sites for hydroxylation is 1. The summed E-state index contributed by atoms with van der Waals surface area (Å²) in [5, 5.41) is 15.4. The summed E-state index contributed by atoms with van der Waals surface area (Å²) in [5.41, 5.74) is 1.65. The Morgan fingerprint density at radius 3 is 2.48 bits per heavy atom. The zero-order valence-corrected chi connectivity index (χ0v) is 15.8. The smallest absolute Gasteiger partial charge is 0.298 e. The number of hydrogen-bond donors (Lipinski definition) is 1. The van der Waals surface area contributed by atoms with E-state index < -0.39 is 16.0 Å². The van der Waals surface area contributed by atoms with E-state index >= 15 is 0 Å². The average Bonchev–Trinajstić information content (AvgIpc) is 3.34. The quantitative estimate of drug-likeness (QED) is 0.234. The Morgan fingerprint density at radius 1 is 1.24 bits per heavy atom. The highest BCUT2D eigenvalue weighted by Gasteiger charge is 2.19. The fourth-order valence-electron chi connectivity index (χ4n) is 2.60. The number of nitrogens with one attached hydrogen (secondary N) is 1. The normalized spacial score (nSPS) is 11.5. The molecule has 29 heavy (non-hydrogen) atoms. The van der Waals surface area contributed by atoms with Crippen LogP contribution in [-0.4, -0.2) is 39.7 Å². The minimum Gasteiger partial charge on any atom is -0.768 e. The van der Waals surface area contributed by atoms with E-state index in [1.165, 1.54) is 0 Å².